The van der Waals surface area contributed by atoms with Gasteiger partial charge in [-0.15, -0.1) is 0 Å². The topological polar surface area (TPSA) is 74.6 Å². The number of hydrogen-bond donors (Lipinski definition) is 0. The Balaban J connectivity index is 2.76. The van der Waals surface area contributed by atoms with Crippen LogP contribution in [-0.2, 0) is 0 Å². The van der Waals surface area contributed by atoms with Crippen molar-refractivity contribution in [2.24, 2.45) is 0 Å². The second kappa shape index (κ2) is 7.35. The van der Waals surface area contributed by atoms with Gasteiger partial charge in [0.2, 0.25) is 0 Å². The van der Waals surface area contributed by atoms with Gasteiger partial charge < -0.3 is 4.90 Å². The van der Waals surface area contributed by atoms with E-state index in [9.17, 15) is 5.26 Å². The fourth-order valence-electron chi connectivity index (χ4n) is 2.85. The maximum absolute atomic E-state index is 9.69. The van der Waals surface area contributed by atoms with Gasteiger partial charge in [0.15, 0.2) is 0 Å². The maximum Gasteiger partial charge on any atom is 0.136 e. The van der Waals surface area contributed by atoms with Crippen molar-refractivity contribution in [1.29, 1.82) is 15.8 Å². The molecule has 4 nitrogen and oxygen atoms in total. The molecule has 25 heavy (non-hydrogen) atoms. The number of anilines is 1. The zero-order valence-electron chi connectivity index (χ0n) is 14.8. The first-order chi connectivity index (χ1) is 11.9. The molecular weight excluding hydrogens is 308 g/mol. The Hall–Kier alpha value is -3.55. The molecular formula is C21H18N4. The normalized spacial score (nSPS) is 10.9. The van der Waals surface area contributed by atoms with Gasteiger partial charge >= 0.3 is 0 Å². The fraction of sp³-hybridized carbons (Fsp3) is 0.190. The first-order valence-corrected chi connectivity index (χ1v) is 7.76. The zero-order chi connectivity index (χ0) is 18.6. The van der Waals surface area contributed by atoms with E-state index in [1.165, 1.54) is 0 Å². The third-order valence-electron chi connectivity index (χ3n) is 4.09. The first-order valence-electron chi connectivity index (χ1n) is 7.76. The Morgan fingerprint density at radius 3 is 2.00 bits per heavy atom. The Labute approximate surface area is 147 Å². The summed E-state index contributed by atoms with van der Waals surface area (Å²) >= 11 is 0. The highest BCUT2D eigenvalue weighted by molar-refractivity contribution is 5.79. The minimum atomic E-state index is 0.0688. The second-order valence-electron chi connectivity index (χ2n) is 6.01. The SMILES string of the molecule is Cc1cc(/C(C#N)=c2\ccc(=C(C#N)C#N)cc2C)ccc1N(C)C. The predicted molar refractivity (Wildman–Crippen MR) is 98.7 cm³/mol. The molecule has 0 atom stereocenters. The van der Waals surface area contributed by atoms with Crippen LogP contribution in [-0.4, -0.2) is 14.1 Å². The molecule has 0 saturated carbocycles. The molecule has 0 radical (unpaired) electrons. The van der Waals surface area contributed by atoms with E-state index < -0.39 is 0 Å². The van der Waals surface area contributed by atoms with Gasteiger partial charge in [-0.2, -0.15) is 15.8 Å². The summed E-state index contributed by atoms with van der Waals surface area (Å²) in [5.41, 5.74) is 4.55. The molecule has 2 aromatic carbocycles. The van der Waals surface area contributed by atoms with Crippen LogP contribution in [0.1, 0.15) is 16.7 Å². The van der Waals surface area contributed by atoms with Crippen LogP contribution in [0.5, 0.6) is 0 Å². The quantitative estimate of drug-likeness (QED) is 0.848. The monoisotopic (exact) mass is 326 g/mol. The molecule has 0 heterocycles. The largest absolute Gasteiger partial charge is 0.377 e. The van der Waals surface area contributed by atoms with Crippen LogP contribution in [0.25, 0.3) is 11.1 Å². The average molecular weight is 326 g/mol. The van der Waals surface area contributed by atoms with Gasteiger partial charge in [0.25, 0.3) is 0 Å². The third-order valence-corrected chi connectivity index (χ3v) is 4.09. The Bertz CT molecular complexity index is 1050. The van der Waals surface area contributed by atoms with E-state index in [2.05, 4.69) is 6.07 Å². The van der Waals surface area contributed by atoms with Crippen LogP contribution >= 0.6 is 0 Å². The molecule has 0 saturated heterocycles. The van der Waals surface area contributed by atoms with Crippen molar-refractivity contribution in [3.05, 3.63) is 63.5 Å². The summed E-state index contributed by atoms with van der Waals surface area (Å²) in [6, 6.07) is 17.3. The van der Waals surface area contributed by atoms with Crippen LogP contribution in [0.4, 0.5) is 5.69 Å². The number of nitrogens with zero attached hydrogens (tertiary/aromatic N) is 4. The molecule has 0 bridgehead atoms. The standard InChI is InChI=1S/C21H18N4/c1-14-9-16(18(11-22)12-23)5-7-19(14)20(13-24)17-6-8-21(25(3)4)15(2)10-17/h5-10H,1-4H3/b20-19+. The molecule has 0 aliphatic rings. The Kier molecular flexibility index (Phi) is 5.23. The molecule has 0 aliphatic heterocycles. The van der Waals surface area contributed by atoms with E-state index in [1.54, 1.807) is 18.2 Å². The summed E-state index contributed by atoms with van der Waals surface area (Å²) < 4.78 is 0. The highest BCUT2D eigenvalue weighted by atomic mass is 15.1. The first kappa shape index (κ1) is 17.8. The van der Waals surface area contributed by atoms with E-state index in [1.807, 2.05) is 63.2 Å². The summed E-state index contributed by atoms with van der Waals surface area (Å²) in [7, 11) is 3.97. The maximum atomic E-state index is 9.69. The molecule has 0 aromatic heterocycles. The van der Waals surface area contributed by atoms with Gasteiger partial charge in [0.05, 0.1) is 5.57 Å². The lowest BCUT2D eigenvalue weighted by atomic mass is 9.98. The highest BCUT2D eigenvalue weighted by Gasteiger charge is 2.08. The van der Waals surface area contributed by atoms with Crippen molar-refractivity contribution in [3.8, 4) is 18.2 Å². The predicted octanol–water partition coefficient (Wildman–Crippen LogP) is 2.29. The summed E-state index contributed by atoms with van der Waals surface area (Å²) in [4.78, 5) is 2.03. The molecule has 2 aromatic rings. The van der Waals surface area contributed by atoms with Gasteiger partial charge in [-0.3, -0.25) is 0 Å². The van der Waals surface area contributed by atoms with Crippen LogP contribution < -0.4 is 15.3 Å². The minimum absolute atomic E-state index is 0.0688. The molecule has 0 fully saturated rings. The van der Waals surface area contributed by atoms with Gasteiger partial charge in [0, 0.05) is 25.0 Å². The van der Waals surface area contributed by atoms with Gasteiger partial charge in [-0.05, 0) is 54.0 Å². The van der Waals surface area contributed by atoms with E-state index in [0.29, 0.717) is 10.8 Å². The lowest BCUT2D eigenvalue weighted by molar-refractivity contribution is 1.11. The summed E-state index contributed by atoms with van der Waals surface area (Å²) in [6.45, 7) is 3.90. The van der Waals surface area contributed by atoms with Gasteiger partial charge in [-0.1, -0.05) is 18.2 Å². The Morgan fingerprint density at radius 1 is 0.840 bits per heavy atom. The molecule has 122 valence electrons. The van der Waals surface area contributed by atoms with Crippen LogP contribution in [0.2, 0.25) is 0 Å². The van der Waals surface area contributed by atoms with Crippen molar-refractivity contribution in [3.63, 3.8) is 0 Å². The van der Waals surface area contributed by atoms with Crippen molar-refractivity contribution in [2.45, 2.75) is 13.8 Å². The van der Waals surface area contributed by atoms with Crippen molar-refractivity contribution < 1.29 is 0 Å². The number of hydrogen-bond acceptors (Lipinski definition) is 4. The van der Waals surface area contributed by atoms with E-state index in [4.69, 9.17) is 10.5 Å². The fourth-order valence-corrected chi connectivity index (χ4v) is 2.85. The lowest BCUT2D eigenvalue weighted by Crippen LogP contribution is -2.17. The number of benzene rings is 2. The van der Waals surface area contributed by atoms with Crippen LogP contribution in [0, 0.1) is 47.8 Å². The molecule has 0 unspecified atom stereocenters. The summed E-state index contributed by atoms with van der Waals surface area (Å²) in [6.07, 6.45) is 0. The molecule has 0 aliphatic carbocycles. The second-order valence-corrected chi connectivity index (χ2v) is 6.01. The van der Waals surface area contributed by atoms with E-state index in [0.717, 1.165) is 27.6 Å². The van der Waals surface area contributed by atoms with Crippen LogP contribution in [0.3, 0.4) is 0 Å². The van der Waals surface area contributed by atoms with Crippen molar-refractivity contribution in [1.82, 2.24) is 0 Å². The Morgan fingerprint density at radius 2 is 1.52 bits per heavy atom. The number of aryl methyl sites for hydroxylation is 2. The molecule has 0 amide bonds. The highest BCUT2D eigenvalue weighted by Crippen LogP contribution is 2.22. The molecule has 2 rings (SSSR count). The van der Waals surface area contributed by atoms with Gasteiger partial charge in [-0.25, -0.2) is 0 Å². The summed E-state index contributed by atoms with van der Waals surface area (Å²) in [5.74, 6) is 0. The zero-order valence-corrected chi connectivity index (χ0v) is 14.8. The molecule has 4 heteroatoms. The number of nitriles is 3. The lowest BCUT2D eigenvalue weighted by Gasteiger charge is -2.16. The van der Waals surface area contributed by atoms with Gasteiger partial charge in [0.1, 0.15) is 23.8 Å². The average Bonchev–Trinajstić information content (AvgIpc) is 2.58. The smallest absolute Gasteiger partial charge is 0.136 e. The van der Waals surface area contributed by atoms with Crippen molar-refractivity contribution in [2.75, 3.05) is 19.0 Å². The third kappa shape index (κ3) is 3.52. The van der Waals surface area contributed by atoms with E-state index >= 15 is 0 Å². The molecule has 0 spiro atoms. The summed E-state index contributed by atoms with van der Waals surface area (Å²) in [5, 5.41) is 29.1. The minimum Gasteiger partial charge on any atom is -0.377 e. The number of rotatable bonds is 2. The van der Waals surface area contributed by atoms with E-state index in [-0.39, 0.29) is 5.57 Å². The molecule has 0 N–H and O–H groups in total. The van der Waals surface area contributed by atoms with Crippen LogP contribution in [0.15, 0.2) is 36.4 Å². The van der Waals surface area contributed by atoms with Crippen molar-refractivity contribution >= 4 is 16.8 Å².